The summed E-state index contributed by atoms with van der Waals surface area (Å²) in [6.45, 7) is 0.107. The lowest BCUT2D eigenvalue weighted by Gasteiger charge is -2.14. The number of ether oxygens (including phenoxy) is 3. The number of imidazole rings is 1. The standard InChI is InChI=1S/C20H18N6O4S/c1-26-9-17(21-10-26)31(27)25-20-19(22-13-5-3-4-6-14(13)23-20)24-15-7-12(28-2)8-16-18(15)30-11-29-16/h3-10H,11H2,1-2H3,(H,22,24)(H,23,25). The molecule has 1 atom stereocenters. The fraction of sp³-hybridized carbons (Fsp3) is 0.150. The Morgan fingerprint density at radius 1 is 1.13 bits per heavy atom. The maximum atomic E-state index is 12.8. The first-order valence-corrected chi connectivity index (χ1v) is 10.4. The number of nitrogens with one attached hydrogen (secondary N) is 2. The number of methoxy groups -OCH3 is 1. The van der Waals surface area contributed by atoms with Crippen LogP contribution in [0.4, 0.5) is 17.3 Å². The van der Waals surface area contributed by atoms with Crippen molar-refractivity contribution in [2.45, 2.75) is 5.03 Å². The number of hydrogen-bond donors (Lipinski definition) is 2. The van der Waals surface area contributed by atoms with E-state index in [1.54, 1.807) is 36.3 Å². The number of hydrogen-bond acceptors (Lipinski definition) is 8. The highest BCUT2D eigenvalue weighted by Gasteiger charge is 2.22. The lowest BCUT2D eigenvalue weighted by Crippen LogP contribution is -2.10. The SMILES string of the molecule is COc1cc(Nc2nc3ccccc3nc2NS(=O)c2cn(C)cn2)c2c(c1)OCO2. The minimum atomic E-state index is -1.64. The molecule has 2 N–H and O–H groups in total. The van der Waals surface area contributed by atoms with E-state index in [1.807, 2.05) is 31.3 Å². The van der Waals surface area contributed by atoms with E-state index in [9.17, 15) is 4.21 Å². The van der Waals surface area contributed by atoms with Crippen molar-refractivity contribution in [3.63, 3.8) is 0 Å². The topological polar surface area (TPSA) is 112 Å². The van der Waals surface area contributed by atoms with Crippen molar-refractivity contribution in [1.29, 1.82) is 0 Å². The van der Waals surface area contributed by atoms with Gasteiger partial charge in [-0.1, -0.05) is 12.1 Å². The molecule has 158 valence electrons. The van der Waals surface area contributed by atoms with Crippen LogP contribution in [0.1, 0.15) is 0 Å². The molecule has 3 heterocycles. The molecule has 4 aromatic rings. The molecule has 0 fully saturated rings. The fourth-order valence-corrected chi connectivity index (χ4v) is 3.93. The maximum absolute atomic E-state index is 12.8. The summed E-state index contributed by atoms with van der Waals surface area (Å²) in [5.74, 6) is 2.36. The fourth-order valence-electron chi connectivity index (χ4n) is 3.11. The predicted molar refractivity (Wildman–Crippen MR) is 115 cm³/mol. The second-order valence-corrected chi connectivity index (χ2v) is 7.85. The Labute approximate surface area is 179 Å². The molecule has 11 heteroatoms. The largest absolute Gasteiger partial charge is 0.497 e. The van der Waals surface area contributed by atoms with Crippen molar-refractivity contribution in [2.24, 2.45) is 7.05 Å². The van der Waals surface area contributed by atoms with Crippen LogP contribution in [0.25, 0.3) is 11.0 Å². The molecule has 0 aliphatic carbocycles. The number of rotatable bonds is 6. The molecular formula is C20H18N6O4S. The molecule has 0 saturated heterocycles. The Hall–Kier alpha value is -3.86. The van der Waals surface area contributed by atoms with Crippen LogP contribution in [-0.2, 0) is 18.0 Å². The van der Waals surface area contributed by atoms with Crippen molar-refractivity contribution < 1.29 is 18.4 Å². The second-order valence-electron chi connectivity index (χ2n) is 6.69. The number of benzene rings is 2. The Kier molecular flexibility index (Phi) is 4.79. The van der Waals surface area contributed by atoms with Gasteiger partial charge >= 0.3 is 0 Å². The zero-order valence-electron chi connectivity index (χ0n) is 16.7. The Morgan fingerprint density at radius 3 is 2.61 bits per heavy atom. The smallest absolute Gasteiger partial charge is 0.231 e. The van der Waals surface area contributed by atoms with E-state index in [1.165, 1.54) is 0 Å². The summed E-state index contributed by atoms with van der Waals surface area (Å²) in [6, 6.07) is 10.9. The summed E-state index contributed by atoms with van der Waals surface area (Å²) >= 11 is 0. The van der Waals surface area contributed by atoms with E-state index in [-0.39, 0.29) is 6.79 Å². The van der Waals surface area contributed by atoms with Crippen LogP contribution in [0, 0.1) is 0 Å². The molecule has 0 radical (unpaired) electrons. The highest BCUT2D eigenvalue weighted by molar-refractivity contribution is 7.86. The third kappa shape index (κ3) is 3.70. The highest BCUT2D eigenvalue weighted by atomic mass is 32.2. The molecule has 10 nitrogen and oxygen atoms in total. The monoisotopic (exact) mass is 438 g/mol. The van der Waals surface area contributed by atoms with Gasteiger partial charge in [0.1, 0.15) is 5.75 Å². The number of nitrogens with zero attached hydrogens (tertiary/aromatic N) is 4. The number of aryl methyl sites for hydroxylation is 1. The van der Waals surface area contributed by atoms with Gasteiger partial charge in [-0.2, -0.15) is 0 Å². The molecule has 1 aliphatic rings. The van der Waals surface area contributed by atoms with Crippen molar-refractivity contribution in [3.05, 3.63) is 48.9 Å². The van der Waals surface area contributed by atoms with E-state index in [4.69, 9.17) is 14.2 Å². The molecule has 0 bridgehead atoms. The van der Waals surface area contributed by atoms with Gasteiger partial charge in [-0.15, -0.1) is 0 Å². The van der Waals surface area contributed by atoms with Crippen molar-refractivity contribution >= 4 is 39.3 Å². The molecule has 1 unspecified atom stereocenters. The van der Waals surface area contributed by atoms with E-state index < -0.39 is 11.0 Å². The first kappa shape index (κ1) is 19.1. The maximum Gasteiger partial charge on any atom is 0.231 e. The lowest BCUT2D eigenvalue weighted by molar-refractivity contribution is 0.174. The van der Waals surface area contributed by atoms with E-state index in [0.717, 1.165) is 0 Å². The van der Waals surface area contributed by atoms with Crippen LogP contribution in [0.2, 0.25) is 0 Å². The lowest BCUT2D eigenvalue weighted by atomic mass is 10.2. The van der Waals surface area contributed by atoms with E-state index in [0.29, 0.717) is 50.6 Å². The molecule has 0 spiro atoms. The molecule has 2 aromatic heterocycles. The van der Waals surface area contributed by atoms with Gasteiger partial charge in [-0.05, 0) is 12.1 Å². The number of para-hydroxylation sites is 2. The second kappa shape index (κ2) is 7.76. The van der Waals surface area contributed by atoms with Crippen molar-refractivity contribution in [1.82, 2.24) is 19.5 Å². The number of anilines is 3. The third-order valence-electron chi connectivity index (χ3n) is 4.57. The van der Waals surface area contributed by atoms with Gasteiger partial charge in [0.2, 0.25) is 6.79 Å². The predicted octanol–water partition coefficient (Wildman–Crippen LogP) is 2.98. The van der Waals surface area contributed by atoms with E-state index >= 15 is 0 Å². The number of aromatic nitrogens is 4. The van der Waals surface area contributed by atoms with Gasteiger partial charge in [0.15, 0.2) is 39.1 Å². The molecule has 1 aliphatic heterocycles. The zero-order chi connectivity index (χ0) is 21.4. The first-order valence-electron chi connectivity index (χ1n) is 9.28. The molecule has 0 saturated carbocycles. The summed E-state index contributed by atoms with van der Waals surface area (Å²) in [5.41, 5.74) is 1.92. The quantitative estimate of drug-likeness (QED) is 0.473. The third-order valence-corrected chi connectivity index (χ3v) is 5.54. The van der Waals surface area contributed by atoms with Crippen molar-refractivity contribution in [3.8, 4) is 17.2 Å². The molecule has 5 rings (SSSR count). The normalized spacial score (nSPS) is 13.2. The van der Waals surface area contributed by atoms with Crippen molar-refractivity contribution in [2.75, 3.05) is 23.9 Å². The van der Waals surface area contributed by atoms with Gasteiger partial charge in [-0.3, -0.25) is 4.72 Å². The summed E-state index contributed by atoms with van der Waals surface area (Å²) in [5, 5.41) is 3.60. The molecule has 2 aromatic carbocycles. The Bertz CT molecular complexity index is 1310. The van der Waals surface area contributed by atoms with Gasteiger partial charge in [0.25, 0.3) is 0 Å². The summed E-state index contributed by atoms with van der Waals surface area (Å²) in [6.07, 6.45) is 3.25. The highest BCUT2D eigenvalue weighted by Crippen LogP contribution is 2.44. The van der Waals surface area contributed by atoms with Crippen LogP contribution >= 0.6 is 0 Å². The number of fused-ring (bicyclic) bond motifs is 2. The first-order chi connectivity index (χ1) is 15.1. The van der Waals surface area contributed by atoms with Gasteiger partial charge < -0.3 is 24.1 Å². The molecule has 31 heavy (non-hydrogen) atoms. The average Bonchev–Trinajstić information content (AvgIpc) is 3.43. The van der Waals surface area contributed by atoms with Crippen LogP contribution in [-0.4, -0.2) is 37.6 Å². The van der Waals surface area contributed by atoms with E-state index in [2.05, 4.69) is 25.0 Å². The Balaban J connectivity index is 1.57. The summed E-state index contributed by atoms with van der Waals surface area (Å²) in [4.78, 5) is 13.4. The molecular weight excluding hydrogens is 420 g/mol. The minimum absolute atomic E-state index is 0.107. The summed E-state index contributed by atoms with van der Waals surface area (Å²) < 4.78 is 33.9. The van der Waals surface area contributed by atoms with Crippen LogP contribution in [0.15, 0.2) is 53.9 Å². The average molecular weight is 438 g/mol. The van der Waals surface area contributed by atoms with Crippen LogP contribution < -0.4 is 24.2 Å². The van der Waals surface area contributed by atoms with Gasteiger partial charge in [0.05, 0.1) is 30.2 Å². The van der Waals surface area contributed by atoms with Crippen LogP contribution in [0.5, 0.6) is 17.2 Å². The van der Waals surface area contributed by atoms with Gasteiger partial charge in [-0.25, -0.2) is 19.2 Å². The zero-order valence-corrected chi connectivity index (χ0v) is 17.5. The minimum Gasteiger partial charge on any atom is -0.497 e. The van der Waals surface area contributed by atoms with Crippen LogP contribution in [0.3, 0.4) is 0 Å². The Morgan fingerprint density at radius 2 is 1.90 bits per heavy atom. The molecule has 0 amide bonds. The summed E-state index contributed by atoms with van der Waals surface area (Å²) in [7, 11) is 1.74. The van der Waals surface area contributed by atoms with Gasteiger partial charge in [0, 0.05) is 25.4 Å².